The van der Waals surface area contributed by atoms with Crippen LogP contribution in [0.3, 0.4) is 0 Å². The van der Waals surface area contributed by atoms with Crippen molar-refractivity contribution in [2.24, 2.45) is 0 Å². The number of aromatic carboxylic acids is 1. The molecular formula is C23H20F3N3O4. The zero-order valence-corrected chi connectivity index (χ0v) is 17.3. The number of halogens is 3. The van der Waals surface area contributed by atoms with Gasteiger partial charge in [-0.05, 0) is 35.1 Å². The largest absolute Gasteiger partial charge is 0.478 e. The van der Waals surface area contributed by atoms with Crippen LogP contribution >= 0.6 is 0 Å². The number of carbonyl (C=O) groups excluding carboxylic acids is 1. The van der Waals surface area contributed by atoms with Gasteiger partial charge in [0.15, 0.2) is 5.69 Å². The van der Waals surface area contributed by atoms with Crippen molar-refractivity contribution in [1.29, 1.82) is 0 Å². The molecule has 0 fully saturated rings. The van der Waals surface area contributed by atoms with Crippen LogP contribution in [-0.4, -0.2) is 33.0 Å². The van der Waals surface area contributed by atoms with Crippen LogP contribution in [0, 0.1) is 0 Å². The molecule has 172 valence electrons. The molecule has 1 unspecified atom stereocenters. The van der Waals surface area contributed by atoms with Gasteiger partial charge in [-0.25, -0.2) is 9.59 Å². The van der Waals surface area contributed by atoms with Gasteiger partial charge in [0.2, 0.25) is 0 Å². The highest BCUT2D eigenvalue weighted by Crippen LogP contribution is 2.33. The van der Waals surface area contributed by atoms with E-state index in [1.54, 1.807) is 18.2 Å². The van der Waals surface area contributed by atoms with E-state index < -0.39 is 29.5 Å². The van der Waals surface area contributed by atoms with Crippen LogP contribution in [0.25, 0.3) is 0 Å². The number of carboxylic acid groups (broad SMARTS) is 1. The molecular weight excluding hydrogens is 439 g/mol. The van der Waals surface area contributed by atoms with Crippen LogP contribution in [0.15, 0.2) is 54.7 Å². The number of benzene rings is 2. The highest BCUT2D eigenvalue weighted by molar-refractivity contribution is 5.88. The molecule has 1 aromatic heterocycles. The standard InChI is InChI=1S/C23H20F3N3O4/c24-23(25,26)20-19(21(30)31)11-27-29(20)12-15-6-7-16-9-18(10-17(16)8-15)28-22(32)33-13-14-4-2-1-3-5-14/h1-8,11,18H,9-10,12-13H2,(H,28,32)(H,30,31). The van der Waals surface area contributed by atoms with E-state index in [-0.39, 0.29) is 19.2 Å². The van der Waals surface area contributed by atoms with Crippen LogP contribution in [0.2, 0.25) is 0 Å². The first-order chi connectivity index (χ1) is 15.7. The molecule has 1 amide bonds. The van der Waals surface area contributed by atoms with E-state index in [1.165, 1.54) is 0 Å². The van der Waals surface area contributed by atoms with E-state index >= 15 is 0 Å². The lowest BCUT2D eigenvalue weighted by Gasteiger charge is -2.12. The first-order valence-electron chi connectivity index (χ1n) is 10.1. The van der Waals surface area contributed by atoms with Gasteiger partial charge in [-0.15, -0.1) is 0 Å². The van der Waals surface area contributed by atoms with E-state index in [0.717, 1.165) is 16.7 Å². The number of alkyl halides is 3. The minimum Gasteiger partial charge on any atom is -0.478 e. The van der Waals surface area contributed by atoms with E-state index in [0.29, 0.717) is 29.3 Å². The van der Waals surface area contributed by atoms with E-state index in [2.05, 4.69) is 10.4 Å². The number of nitrogens with one attached hydrogen (secondary N) is 1. The lowest BCUT2D eigenvalue weighted by molar-refractivity contribution is -0.144. The molecule has 1 heterocycles. The zero-order valence-electron chi connectivity index (χ0n) is 17.3. The summed E-state index contributed by atoms with van der Waals surface area (Å²) in [6.07, 6.45) is -3.59. The number of alkyl carbamates (subject to hydrolysis) is 1. The van der Waals surface area contributed by atoms with Crippen LogP contribution in [0.4, 0.5) is 18.0 Å². The topological polar surface area (TPSA) is 93.5 Å². The van der Waals surface area contributed by atoms with Gasteiger partial charge in [-0.3, -0.25) is 4.68 Å². The molecule has 0 bridgehead atoms. The summed E-state index contributed by atoms with van der Waals surface area (Å²) in [5, 5.41) is 15.5. The highest BCUT2D eigenvalue weighted by atomic mass is 19.4. The molecule has 33 heavy (non-hydrogen) atoms. The van der Waals surface area contributed by atoms with Crippen molar-refractivity contribution in [2.45, 2.75) is 38.2 Å². The van der Waals surface area contributed by atoms with Gasteiger partial charge < -0.3 is 15.2 Å². The second kappa shape index (κ2) is 8.97. The molecule has 4 rings (SSSR count). The third-order valence-electron chi connectivity index (χ3n) is 5.41. The van der Waals surface area contributed by atoms with Gasteiger partial charge >= 0.3 is 18.2 Å². The van der Waals surface area contributed by atoms with Crippen molar-refractivity contribution >= 4 is 12.1 Å². The first-order valence-corrected chi connectivity index (χ1v) is 10.1. The molecule has 10 heteroatoms. The van der Waals surface area contributed by atoms with Gasteiger partial charge in [0.25, 0.3) is 0 Å². The highest BCUT2D eigenvalue weighted by Gasteiger charge is 2.40. The Bertz CT molecular complexity index is 1180. The minimum atomic E-state index is -4.85. The Kier molecular flexibility index (Phi) is 6.08. The summed E-state index contributed by atoms with van der Waals surface area (Å²) in [7, 11) is 0. The summed E-state index contributed by atoms with van der Waals surface area (Å²) in [6, 6.07) is 14.3. The molecule has 7 nitrogen and oxygen atoms in total. The molecule has 0 spiro atoms. The van der Waals surface area contributed by atoms with Crippen LogP contribution in [0.5, 0.6) is 0 Å². The van der Waals surface area contributed by atoms with E-state index in [4.69, 9.17) is 9.84 Å². The number of aromatic nitrogens is 2. The number of carboxylic acids is 1. The quantitative estimate of drug-likeness (QED) is 0.580. The Labute approximate surface area is 186 Å². The van der Waals surface area contributed by atoms with Gasteiger partial charge in [-0.1, -0.05) is 48.5 Å². The molecule has 1 aliphatic carbocycles. The van der Waals surface area contributed by atoms with Crippen molar-refractivity contribution in [3.8, 4) is 0 Å². The van der Waals surface area contributed by atoms with Crippen molar-refractivity contribution < 1.29 is 32.6 Å². The predicted molar refractivity (Wildman–Crippen MR) is 111 cm³/mol. The average molecular weight is 459 g/mol. The first kappa shape index (κ1) is 22.4. The maximum Gasteiger partial charge on any atom is 0.433 e. The third kappa shape index (κ3) is 5.16. The molecule has 2 N–H and O–H groups in total. The van der Waals surface area contributed by atoms with Crippen molar-refractivity contribution in [1.82, 2.24) is 15.1 Å². The number of hydrogen-bond acceptors (Lipinski definition) is 4. The summed E-state index contributed by atoms with van der Waals surface area (Å²) in [5.74, 6) is -1.68. The van der Waals surface area contributed by atoms with Crippen LogP contribution in [0.1, 0.15) is 38.3 Å². The van der Waals surface area contributed by atoms with Gasteiger partial charge in [0.05, 0.1) is 12.7 Å². The number of amides is 1. The number of fused-ring (bicyclic) bond motifs is 1. The number of nitrogens with zero attached hydrogens (tertiary/aromatic N) is 2. The summed E-state index contributed by atoms with van der Waals surface area (Å²) in [4.78, 5) is 23.3. The molecule has 2 aromatic carbocycles. The van der Waals surface area contributed by atoms with Crippen molar-refractivity contribution in [2.75, 3.05) is 0 Å². The Morgan fingerprint density at radius 1 is 1.09 bits per heavy atom. The van der Waals surface area contributed by atoms with Crippen molar-refractivity contribution in [3.63, 3.8) is 0 Å². The summed E-state index contributed by atoms with van der Waals surface area (Å²) >= 11 is 0. The van der Waals surface area contributed by atoms with Crippen LogP contribution < -0.4 is 5.32 Å². The van der Waals surface area contributed by atoms with Crippen LogP contribution in [-0.2, 0) is 36.9 Å². The summed E-state index contributed by atoms with van der Waals surface area (Å²) in [5.41, 5.74) is 1.12. The fourth-order valence-electron chi connectivity index (χ4n) is 3.94. The molecule has 0 radical (unpaired) electrons. The molecule has 0 saturated heterocycles. The van der Waals surface area contributed by atoms with Gasteiger partial charge in [0.1, 0.15) is 12.2 Å². The zero-order chi connectivity index (χ0) is 23.6. The number of carbonyl (C=O) groups is 2. The van der Waals surface area contributed by atoms with Gasteiger partial charge in [-0.2, -0.15) is 18.3 Å². The second-order valence-corrected chi connectivity index (χ2v) is 7.78. The predicted octanol–water partition coefficient (Wildman–Crippen LogP) is 4.04. The average Bonchev–Trinajstić information content (AvgIpc) is 3.36. The Balaban J connectivity index is 1.40. The van der Waals surface area contributed by atoms with E-state index in [1.807, 2.05) is 30.3 Å². The molecule has 1 aliphatic rings. The Morgan fingerprint density at radius 2 is 1.82 bits per heavy atom. The normalized spacial score (nSPS) is 15.2. The summed E-state index contributed by atoms with van der Waals surface area (Å²) < 4.78 is 46.1. The molecule has 0 aliphatic heterocycles. The number of ether oxygens (including phenoxy) is 1. The lowest BCUT2D eigenvalue weighted by atomic mass is 10.1. The SMILES string of the molecule is O=C(NC1Cc2ccc(Cn3ncc(C(=O)O)c3C(F)(F)F)cc2C1)OCc1ccccc1. The minimum absolute atomic E-state index is 0.153. The third-order valence-corrected chi connectivity index (χ3v) is 5.41. The Hall–Kier alpha value is -3.82. The second-order valence-electron chi connectivity index (χ2n) is 7.78. The van der Waals surface area contributed by atoms with Crippen molar-refractivity contribution in [3.05, 3.63) is 88.2 Å². The maximum absolute atomic E-state index is 13.4. The Morgan fingerprint density at radius 3 is 2.52 bits per heavy atom. The smallest absolute Gasteiger partial charge is 0.433 e. The number of rotatable bonds is 6. The molecule has 1 atom stereocenters. The fraction of sp³-hybridized carbons (Fsp3) is 0.261. The molecule has 3 aromatic rings. The fourth-order valence-corrected chi connectivity index (χ4v) is 3.94. The van der Waals surface area contributed by atoms with Gasteiger partial charge in [0, 0.05) is 6.04 Å². The van der Waals surface area contributed by atoms with E-state index in [9.17, 15) is 22.8 Å². The maximum atomic E-state index is 13.4. The molecule has 0 saturated carbocycles. The lowest BCUT2D eigenvalue weighted by Crippen LogP contribution is -2.35. The summed E-state index contributed by atoms with van der Waals surface area (Å²) in [6.45, 7) is -0.0765. The number of hydrogen-bond donors (Lipinski definition) is 2. The monoisotopic (exact) mass is 459 g/mol.